The molecule has 0 spiro atoms. The predicted molar refractivity (Wildman–Crippen MR) is 83.9 cm³/mol. The molecule has 1 atom stereocenters. The van der Waals surface area contributed by atoms with Crippen LogP contribution in [0.15, 0.2) is 10.6 Å². The zero-order valence-electron chi connectivity index (χ0n) is 12.6. The molecule has 1 amide bonds. The first kappa shape index (κ1) is 17.4. The first-order chi connectivity index (χ1) is 9.43. The van der Waals surface area contributed by atoms with E-state index in [0.29, 0.717) is 28.9 Å². The number of carbonyl (C=O) groups is 1. The molecule has 0 unspecified atom stereocenters. The lowest BCUT2D eigenvalue weighted by Gasteiger charge is -2.13. The van der Waals surface area contributed by atoms with Crippen molar-refractivity contribution in [1.82, 2.24) is 15.5 Å². The molecule has 0 bridgehead atoms. The molecule has 0 radical (unpaired) electrons. The standard InChI is InChI=1S/C14H20N4O2.ClH/c1-7(2)11-5-10(13(19)16-8(3)6-15)12-9(4)18-20-14(12)17-11;/h5,7-8H,6,15H2,1-4H3,(H,16,19);1H/t8-;/m0./s1. The van der Waals surface area contributed by atoms with Crippen LogP contribution in [0.1, 0.15) is 48.4 Å². The Morgan fingerprint density at radius 2 is 2.10 bits per heavy atom. The number of fused-ring (bicyclic) bond motifs is 1. The second-order valence-electron chi connectivity index (χ2n) is 5.31. The molecule has 0 saturated carbocycles. The first-order valence-electron chi connectivity index (χ1n) is 6.71. The molecule has 2 heterocycles. The molecule has 0 aliphatic heterocycles. The summed E-state index contributed by atoms with van der Waals surface area (Å²) in [6.45, 7) is 8.08. The maximum Gasteiger partial charge on any atom is 0.259 e. The van der Waals surface area contributed by atoms with Gasteiger partial charge in [-0.05, 0) is 25.8 Å². The summed E-state index contributed by atoms with van der Waals surface area (Å²) in [5, 5.41) is 7.42. The third-order valence-electron chi connectivity index (χ3n) is 3.20. The van der Waals surface area contributed by atoms with Crippen molar-refractivity contribution in [1.29, 1.82) is 0 Å². The van der Waals surface area contributed by atoms with E-state index in [4.69, 9.17) is 10.3 Å². The van der Waals surface area contributed by atoms with Crippen LogP contribution in [-0.4, -0.2) is 28.6 Å². The highest BCUT2D eigenvalue weighted by Crippen LogP contribution is 2.25. The Morgan fingerprint density at radius 1 is 1.43 bits per heavy atom. The summed E-state index contributed by atoms with van der Waals surface area (Å²) in [6, 6.07) is 1.71. The number of aryl methyl sites for hydroxylation is 1. The average Bonchev–Trinajstić information content (AvgIpc) is 2.79. The number of hydrogen-bond donors (Lipinski definition) is 2. The number of hydrogen-bond acceptors (Lipinski definition) is 5. The number of amides is 1. The molecule has 0 aliphatic rings. The lowest BCUT2D eigenvalue weighted by molar-refractivity contribution is 0.0942. The number of nitrogens with zero attached hydrogens (tertiary/aromatic N) is 2. The molecule has 2 aromatic heterocycles. The fourth-order valence-electron chi connectivity index (χ4n) is 1.95. The van der Waals surface area contributed by atoms with E-state index in [-0.39, 0.29) is 30.3 Å². The Labute approximate surface area is 129 Å². The van der Waals surface area contributed by atoms with Gasteiger partial charge < -0.3 is 15.6 Å². The van der Waals surface area contributed by atoms with Gasteiger partial charge in [0.25, 0.3) is 11.6 Å². The SMILES string of the molecule is Cc1noc2nc(C(C)C)cc(C(=O)N[C@@H](C)CN)c12.Cl. The third kappa shape index (κ3) is 3.51. The van der Waals surface area contributed by atoms with Gasteiger partial charge in [-0.15, -0.1) is 12.4 Å². The van der Waals surface area contributed by atoms with Crippen LogP contribution in [0.25, 0.3) is 11.1 Å². The van der Waals surface area contributed by atoms with Crippen molar-refractivity contribution in [2.24, 2.45) is 5.73 Å². The van der Waals surface area contributed by atoms with Crippen molar-refractivity contribution < 1.29 is 9.32 Å². The van der Waals surface area contributed by atoms with Crippen LogP contribution >= 0.6 is 12.4 Å². The first-order valence-corrected chi connectivity index (χ1v) is 6.71. The maximum atomic E-state index is 12.4. The van der Waals surface area contributed by atoms with Crippen molar-refractivity contribution in [2.45, 2.75) is 39.7 Å². The summed E-state index contributed by atoms with van der Waals surface area (Å²) in [5.41, 5.74) is 7.95. The Hall–Kier alpha value is -1.66. The van der Waals surface area contributed by atoms with E-state index in [1.807, 2.05) is 20.8 Å². The third-order valence-corrected chi connectivity index (χ3v) is 3.20. The van der Waals surface area contributed by atoms with Gasteiger partial charge in [0.15, 0.2) is 0 Å². The fraction of sp³-hybridized carbons (Fsp3) is 0.500. The van der Waals surface area contributed by atoms with Crippen LogP contribution in [0.4, 0.5) is 0 Å². The van der Waals surface area contributed by atoms with Crippen molar-refractivity contribution in [3.8, 4) is 0 Å². The largest absolute Gasteiger partial charge is 0.348 e. The smallest absolute Gasteiger partial charge is 0.259 e. The Bertz CT molecular complexity index is 639. The molecule has 2 aromatic rings. The van der Waals surface area contributed by atoms with Gasteiger partial charge in [0.2, 0.25) is 0 Å². The number of aromatic nitrogens is 2. The Balaban J connectivity index is 0.00000220. The predicted octanol–water partition coefficient (Wildman–Crippen LogP) is 2.15. The van der Waals surface area contributed by atoms with E-state index in [2.05, 4.69) is 15.5 Å². The minimum Gasteiger partial charge on any atom is -0.348 e. The van der Waals surface area contributed by atoms with Gasteiger partial charge >= 0.3 is 0 Å². The molecule has 2 rings (SSSR count). The quantitative estimate of drug-likeness (QED) is 0.902. The molecule has 0 saturated heterocycles. The van der Waals surface area contributed by atoms with Gasteiger partial charge in [0, 0.05) is 18.3 Å². The second kappa shape index (κ2) is 6.87. The van der Waals surface area contributed by atoms with E-state index in [1.165, 1.54) is 0 Å². The minimum absolute atomic E-state index is 0. The molecule has 116 valence electrons. The Morgan fingerprint density at radius 3 is 2.67 bits per heavy atom. The van der Waals surface area contributed by atoms with E-state index in [0.717, 1.165) is 5.69 Å². The van der Waals surface area contributed by atoms with Crippen LogP contribution in [0.5, 0.6) is 0 Å². The van der Waals surface area contributed by atoms with Crippen molar-refractivity contribution in [2.75, 3.05) is 6.54 Å². The summed E-state index contributed by atoms with van der Waals surface area (Å²) in [5.74, 6) is 0.0202. The van der Waals surface area contributed by atoms with Crippen molar-refractivity contribution in [3.63, 3.8) is 0 Å². The number of nitrogens with two attached hydrogens (primary N) is 1. The summed E-state index contributed by atoms with van der Waals surface area (Å²) in [4.78, 5) is 16.8. The number of halogens is 1. The zero-order chi connectivity index (χ0) is 14.9. The average molecular weight is 313 g/mol. The molecule has 3 N–H and O–H groups in total. The van der Waals surface area contributed by atoms with Gasteiger partial charge in [-0.1, -0.05) is 19.0 Å². The van der Waals surface area contributed by atoms with Gasteiger partial charge in [0.1, 0.15) is 0 Å². The molecular weight excluding hydrogens is 292 g/mol. The van der Waals surface area contributed by atoms with Gasteiger partial charge in [0.05, 0.1) is 16.6 Å². The van der Waals surface area contributed by atoms with E-state index >= 15 is 0 Å². The highest BCUT2D eigenvalue weighted by atomic mass is 35.5. The van der Waals surface area contributed by atoms with Crippen LogP contribution < -0.4 is 11.1 Å². The molecular formula is C14H21ClN4O2. The van der Waals surface area contributed by atoms with E-state index in [9.17, 15) is 4.79 Å². The molecule has 0 aliphatic carbocycles. The highest BCUT2D eigenvalue weighted by molar-refractivity contribution is 6.06. The minimum atomic E-state index is -0.177. The van der Waals surface area contributed by atoms with E-state index < -0.39 is 0 Å². The van der Waals surface area contributed by atoms with Crippen LogP contribution in [0, 0.1) is 6.92 Å². The fourth-order valence-corrected chi connectivity index (χ4v) is 1.95. The van der Waals surface area contributed by atoms with Gasteiger partial charge in [-0.2, -0.15) is 0 Å². The summed E-state index contributed by atoms with van der Waals surface area (Å²) < 4.78 is 5.20. The van der Waals surface area contributed by atoms with Crippen molar-refractivity contribution >= 4 is 29.4 Å². The monoisotopic (exact) mass is 312 g/mol. The summed E-state index contributed by atoms with van der Waals surface area (Å²) in [6.07, 6.45) is 0. The lowest BCUT2D eigenvalue weighted by atomic mass is 10.0. The number of carbonyl (C=O) groups excluding carboxylic acids is 1. The normalized spacial score (nSPS) is 12.3. The molecule has 6 nitrogen and oxygen atoms in total. The number of nitrogens with one attached hydrogen (secondary N) is 1. The molecule has 0 fully saturated rings. The van der Waals surface area contributed by atoms with E-state index in [1.54, 1.807) is 13.0 Å². The number of rotatable bonds is 4. The highest BCUT2D eigenvalue weighted by Gasteiger charge is 2.20. The van der Waals surface area contributed by atoms with Gasteiger partial charge in [-0.3, -0.25) is 4.79 Å². The van der Waals surface area contributed by atoms with Crippen LogP contribution in [0.2, 0.25) is 0 Å². The Kier molecular flexibility index (Phi) is 5.69. The molecule has 7 heteroatoms. The van der Waals surface area contributed by atoms with Gasteiger partial charge in [-0.25, -0.2) is 4.98 Å². The topological polar surface area (TPSA) is 94.0 Å². The molecule has 21 heavy (non-hydrogen) atoms. The number of pyridine rings is 1. The lowest BCUT2D eigenvalue weighted by Crippen LogP contribution is -2.38. The maximum absolute atomic E-state index is 12.4. The molecule has 0 aromatic carbocycles. The van der Waals surface area contributed by atoms with Crippen LogP contribution in [0.3, 0.4) is 0 Å². The van der Waals surface area contributed by atoms with Crippen molar-refractivity contribution in [3.05, 3.63) is 23.0 Å². The summed E-state index contributed by atoms with van der Waals surface area (Å²) in [7, 11) is 0. The van der Waals surface area contributed by atoms with Crippen LogP contribution in [-0.2, 0) is 0 Å². The zero-order valence-corrected chi connectivity index (χ0v) is 13.5. The summed E-state index contributed by atoms with van der Waals surface area (Å²) >= 11 is 0. The second-order valence-corrected chi connectivity index (χ2v) is 5.31.